The summed E-state index contributed by atoms with van der Waals surface area (Å²) in [6.45, 7) is 0.901. The summed E-state index contributed by atoms with van der Waals surface area (Å²) < 4.78 is 22.8. The summed E-state index contributed by atoms with van der Waals surface area (Å²) in [5.74, 6) is 0.688. The van der Waals surface area contributed by atoms with Gasteiger partial charge in [0, 0.05) is 13.6 Å². The zero-order valence-corrected chi connectivity index (χ0v) is 11.3. The highest BCUT2D eigenvalue weighted by Crippen LogP contribution is 2.32. The van der Waals surface area contributed by atoms with Gasteiger partial charge in [0.1, 0.15) is 4.90 Å². The van der Waals surface area contributed by atoms with Gasteiger partial charge in [-0.2, -0.15) is 0 Å². The van der Waals surface area contributed by atoms with Crippen molar-refractivity contribution >= 4 is 21.4 Å². The van der Waals surface area contributed by atoms with Crippen LogP contribution in [0, 0.1) is 5.92 Å². The molecule has 0 aromatic heterocycles. The average molecular weight is 269 g/mol. The van der Waals surface area contributed by atoms with Gasteiger partial charge in [-0.1, -0.05) is 12.5 Å². The Morgan fingerprint density at radius 3 is 2.56 bits per heavy atom. The fourth-order valence-electron chi connectivity index (χ4n) is 2.27. The Balaban J connectivity index is 2.27. The number of primary sulfonamides is 1. The molecule has 1 aliphatic rings. The van der Waals surface area contributed by atoms with Crippen LogP contribution >= 0.6 is 0 Å². The van der Waals surface area contributed by atoms with Crippen molar-refractivity contribution in [1.29, 1.82) is 0 Å². The molecule has 1 aromatic rings. The van der Waals surface area contributed by atoms with E-state index in [4.69, 9.17) is 10.9 Å². The first-order valence-corrected chi connectivity index (χ1v) is 7.56. The lowest BCUT2D eigenvalue weighted by molar-refractivity contribution is 0.321. The average Bonchev–Trinajstić information content (AvgIpc) is 2.21. The van der Waals surface area contributed by atoms with Crippen LogP contribution in [-0.2, 0) is 10.0 Å². The van der Waals surface area contributed by atoms with Gasteiger partial charge in [-0.15, -0.1) is 0 Å². The standard InChI is InChI=1S/C12H19N3O2S/c1-15(8-9-4-2-5-9)10-6-3-7-11(12(10)13)18(14,16)17/h3,6-7,9H,2,4-5,8,13H2,1H3,(H2,14,16,17). The minimum absolute atomic E-state index is 0.000425. The van der Waals surface area contributed by atoms with Gasteiger partial charge in [-0.05, 0) is 30.9 Å². The molecule has 0 saturated heterocycles. The van der Waals surface area contributed by atoms with Gasteiger partial charge in [0.05, 0.1) is 11.4 Å². The first kappa shape index (κ1) is 13.2. The van der Waals surface area contributed by atoms with Gasteiger partial charge >= 0.3 is 0 Å². The molecule has 1 aromatic carbocycles. The molecule has 18 heavy (non-hydrogen) atoms. The van der Waals surface area contributed by atoms with Gasteiger partial charge in [0.2, 0.25) is 10.0 Å². The molecule has 1 saturated carbocycles. The van der Waals surface area contributed by atoms with Crippen LogP contribution in [0.1, 0.15) is 19.3 Å². The van der Waals surface area contributed by atoms with E-state index in [1.807, 2.05) is 18.0 Å². The highest BCUT2D eigenvalue weighted by atomic mass is 32.2. The highest BCUT2D eigenvalue weighted by molar-refractivity contribution is 7.89. The summed E-state index contributed by atoms with van der Waals surface area (Å²) in [6.07, 6.45) is 3.75. The zero-order valence-electron chi connectivity index (χ0n) is 10.5. The molecule has 5 nitrogen and oxygen atoms in total. The zero-order chi connectivity index (χ0) is 13.3. The molecule has 6 heteroatoms. The fraction of sp³-hybridized carbons (Fsp3) is 0.500. The van der Waals surface area contributed by atoms with E-state index in [1.165, 1.54) is 25.3 Å². The molecule has 0 radical (unpaired) electrons. The highest BCUT2D eigenvalue weighted by Gasteiger charge is 2.22. The largest absolute Gasteiger partial charge is 0.396 e. The summed E-state index contributed by atoms with van der Waals surface area (Å²) >= 11 is 0. The Morgan fingerprint density at radius 2 is 2.06 bits per heavy atom. The van der Waals surface area contributed by atoms with E-state index in [0.29, 0.717) is 5.92 Å². The van der Waals surface area contributed by atoms with E-state index in [-0.39, 0.29) is 10.6 Å². The maximum Gasteiger partial charge on any atom is 0.240 e. The first-order valence-electron chi connectivity index (χ1n) is 6.02. The number of nitrogens with zero attached hydrogens (tertiary/aromatic N) is 1. The molecule has 0 atom stereocenters. The van der Waals surface area contributed by atoms with Crippen molar-refractivity contribution in [1.82, 2.24) is 0 Å². The molecule has 0 spiro atoms. The summed E-state index contributed by atoms with van der Waals surface area (Å²) in [6, 6.07) is 4.93. The second kappa shape index (κ2) is 4.78. The third-order valence-electron chi connectivity index (χ3n) is 3.52. The summed E-state index contributed by atoms with van der Waals surface area (Å²) in [5.41, 5.74) is 6.87. The molecular weight excluding hydrogens is 250 g/mol. The van der Waals surface area contributed by atoms with Crippen LogP contribution in [0.4, 0.5) is 11.4 Å². The van der Waals surface area contributed by atoms with Crippen molar-refractivity contribution in [3.05, 3.63) is 18.2 Å². The topological polar surface area (TPSA) is 89.4 Å². The number of anilines is 2. The van der Waals surface area contributed by atoms with Crippen molar-refractivity contribution in [2.75, 3.05) is 24.2 Å². The van der Waals surface area contributed by atoms with E-state index in [9.17, 15) is 8.42 Å². The van der Waals surface area contributed by atoms with Gasteiger partial charge in [-0.3, -0.25) is 0 Å². The van der Waals surface area contributed by atoms with Crippen molar-refractivity contribution < 1.29 is 8.42 Å². The summed E-state index contributed by atoms with van der Waals surface area (Å²) in [7, 11) is -1.83. The van der Waals surface area contributed by atoms with Crippen molar-refractivity contribution in [2.24, 2.45) is 11.1 Å². The van der Waals surface area contributed by atoms with Crippen LogP contribution in [-0.4, -0.2) is 22.0 Å². The molecular formula is C12H19N3O2S. The van der Waals surface area contributed by atoms with E-state index >= 15 is 0 Å². The second-order valence-corrected chi connectivity index (χ2v) is 6.44. The van der Waals surface area contributed by atoms with E-state index in [2.05, 4.69) is 0 Å². The molecule has 2 rings (SSSR count). The van der Waals surface area contributed by atoms with Crippen LogP contribution < -0.4 is 15.8 Å². The normalized spacial score (nSPS) is 16.3. The Kier molecular flexibility index (Phi) is 3.49. The predicted molar refractivity (Wildman–Crippen MR) is 72.8 cm³/mol. The number of sulfonamides is 1. The molecule has 1 fully saturated rings. The molecule has 0 amide bonds. The van der Waals surface area contributed by atoms with Gasteiger partial charge in [-0.25, -0.2) is 13.6 Å². The lowest BCUT2D eigenvalue weighted by atomic mass is 9.85. The number of nitrogens with two attached hydrogens (primary N) is 2. The van der Waals surface area contributed by atoms with E-state index in [1.54, 1.807) is 6.07 Å². The molecule has 4 N–H and O–H groups in total. The fourth-order valence-corrected chi connectivity index (χ4v) is 2.95. The molecule has 0 bridgehead atoms. The Hall–Kier alpha value is -1.27. The number of nitrogen functional groups attached to an aromatic ring is 1. The van der Waals surface area contributed by atoms with E-state index < -0.39 is 10.0 Å². The molecule has 1 aliphatic carbocycles. The quantitative estimate of drug-likeness (QED) is 0.802. The second-order valence-electron chi connectivity index (χ2n) is 4.91. The van der Waals surface area contributed by atoms with Crippen LogP contribution in [0.2, 0.25) is 0 Å². The summed E-state index contributed by atoms with van der Waals surface area (Å²) in [4.78, 5) is 2.01. The maximum atomic E-state index is 11.4. The molecule has 0 unspecified atom stereocenters. The minimum atomic E-state index is -3.76. The number of hydrogen-bond donors (Lipinski definition) is 2. The Morgan fingerprint density at radius 1 is 1.39 bits per heavy atom. The Bertz CT molecular complexity index is 538. The van der Waals surface area contributed by atoms with Crippen molar-refractivity contribution in [3.63, 3.8) is 0 Å². The lowest BCUT2D eigenvalue weighted by Crippen LogP contribution is -2.30. The van der Waals surface area contributed by atoms with Crippen LogP contribution in [0.25, 0.3) is 0 Å². The smallest absolute Gasteiger partial charge is 0.240 e. The van der Waals surface area contributed by atoms with Crippen LogP contribution in [0.3, 0.4) is 0 Å². The molecule has 0 aliphatic heterocycles. The first-order chi connectivity index (χ1) is 8.39. The van der Waals surface area contributed by atoms with E-state index in [0.717, 1.165) is 12.2 Å². The monoisotopic (exact) mass is 269 g/mol. The molecule has 0 heterocycles. The van der Waals surface area contributed by atoms with Gasteiger partial charge in [0.25, 0.3) is 0 Å². The summed E-state index contributed by atoms with van der Waals surface area (Å²) in [5, 5.41) is 5.14. The number of benzene rings is 1. The minimum Gasteiger partial charge on any atom is -0.396 e. The number of hydrogen-bond acceptors (Lipinski definition) is 4. The number of rotatable bonds is 4. The van der Waals surface area contributed by atoms with Crippen molar-refractivity contribution in [2.45, 2.75) is 24.2 Å². The van der Waals surface area contributed by atoms with Gasteiger partial charge in [0.15, 0.2) is 0 Å². The van der Waals surface area contributed by atoms with Crippen molar-refractivity contribution in [3.8, 4) is 0 Å². The Labute approximate surface area is 108 Å². The van der Waals surface area contributed by atoms with Gasteiger partial charge < -0.3 is 10.6 Å². The van der Waals surface area contributed by atoms with Crippen LogP contribution in [0.15, 0.2) is 23.1 Å². The predicted octanol–water partition coefficient (Wildman–Crippen LogP) is 1.15. The molecule has 100 valence electrons. The maximum absolute atomic E-state index is 11.4. The number of para-hydroxylation sites is 1. The third-order valence-corrected chi connectivity index (χ3v) is 4.49. The lowest BCUT2D eigenvalue weighted by Gasteiger charge is -2.32. The van der Waals surface area contributed by atoms with Crippen LogP contribution in [0.5, 0.6) is 0 Å². The SMILES string of the molecule is CN(CC1CCC1)c1cccc(S(N)(=O)=O)c1N. The third kappa shape index (κ3) is 2.59.